The van der Waals surface area contributed by atoms with Crippen LogP contribution in [0.3, 0.4) is 0 Å². The third-order valence-corrected chi connectivity index (χ3v) is 3.42. The van der Waals surface area contributed by atoms with Gasteiger partial charge in [0.05, 0.1) is 0 Å². The van der Waals surface area contributed by atoms with Crippen LogP contribution in [0.25, 0.3) is 0 Å². The zero-order chi connectivity index (χ0) is 18.4. The van der Waals surface area contributed by atoms with E-state index in [4.69, 9.17) is 9.26 Å². The van der Waals surface area contributed by atoms with E-state index in [1.165, 1.54) is 6.07 Å². The second-order valence-corrected chi connectivity index (χ2v) is 5.51. The Morgan fingerprint density at radius 2 is 1.88 bits per heavy atom. The second-order valence-electron chi connectivity index (χ2n) is 5.51. The summed E-state index contributed by atoms with van der Waals surface area (Å²) in [6.07, 6.45) is 0. The number of anilines is 1. The Kier molecular flexibility index (Phi) is 5.89. The topological polar surface area (TPSA) is 111 Å². The third kappa shape index (κ3) is 5.45. The first-order valence-corrected chi connectivity index (χ1v) is 7.59. The van der Waals surface area contributed by atoms with Crippen LogP contribution in [0.15, 0.2) is 28.8 Å². The summed E-state index contributed by atoms with van der Waals surface area (Å²) >= 11 is 0. The molecule has 2 N–H and O–H groups in total. The minimum absolute atomic E-state index is 0.238. The molecule has 0 aliphatic heterocycles. The molecule has 1 heterocycles. The minimum atomic E-state index is -0.719. The summed E-state index contributed by atoms with van der Waals surface area (Å²) in [6, 6.07) is 6.78. The molecule has 1 aromatic heterocycles. The molecule has 1 aromatic carbocycles. The number of ether oxygens (including phenoxy) is 1. The molecular formula is C17H19N3O5. The van der Waals surface area contributed by atoms with Crippen LogP contribution in [0.2, 0.25) is 0 Å². The summed E-state index contributed by atoms with van der Waals surface area (Å²) in [4.78, 5) is 35.2. The molecule has 2 rings (SSSR count). The third-order valence-electron chi connectivity index (χ3n) is 3.42. The summed E-state index contributed by atoms with van der Waals surface area (Å²) in [5, 5.41) is 8.45. The van der Waals surface area contributed by atoms with E-state index in [0.717, 1.165) is 11.1 Å². The molecule has 2 amide bonds. The van der Waals surface area contributed by atoms with Gasteiger partial charge in [0.1, 0.15) is 12.3 Å². The quantitative estimate of drug-likeness (QED) is 0.768. The molecule has 25 heavy (non-hydrogen) atoms. The monoisotopic (exact) mass is 345 g/mol. The van der Waals surface area contributed by atoms with E-state index in [1.807, 2.05) is 19.9 Å². The van der Waals surface area contributed by atoms with Crippen LogP contribution >= 0.6 is 0 Å². The molecule has 0 saturated heterocycles. The van der Waals surface area contributed by atoms with Gasteiger partial charge in [-0.15, -0.1) is 0 Å². The fourth-order valence-electron chi connectivity index (χ4n) is 1.94. The van der Waals surface area contributed by atoms with E-state index in [1.54, 1.807) is 19.1 Å². The molecule has 0 saturated carbocycles. The molecular weight excluding hydrogens is 326 g/mol. The van der Waals surface area contributed by atoms with E-state index in [0.29, 0.717) is 11.3 Å². The Morgan fingerprint density at radius 3 is 2.52 bits per heavy atom. The van der Waals surface area contributed by atoms with Crippen LogP contribution in [0.1, 0.15) is 27.2 Å². The minimum Gasteiger partial charge on any atom is -0.454 e. The van der Waals surface area contributed by atoms with Crippen molar-refractivity contribution in [2.75, 3.05) is 18.5 Å². The molecule has 0 bridgehead atoms. The van der Waals surface area contributed by atoms with Crippen molar-refractivity contribution in [3.63, 3.8) is 0 Å². The van der Waals surface area contributed by atoms with Crippen LogP contribution in [0.5, 0.6) is 0 Å². The molecule has 0 atom stereocenters. The average Bonchev–Trinajstić information content (AvgIpc) is 2.98. The molecule has 8 heteroatoms. The maximum Gasteiger partial charge on any atom is 0.325 e. The summed E-state index contributed by atoms with van der Waals surface area (Å²) in [5.74, 6) is -0.878. The van der Waals surface area contributed by atoms with Gasteiger partial charge in [-0.3, -0.25) is 14.4 Å². The van der Waals surface area contributed by atoms with Gasteiger partial charge in [0, 0.05) is 11.6 Å². The highest BCUT2D eigenvalue weighted by Crippen LogP contribution is 2.09. The average molecular weight is 345 g/mol. The first-order valence-electron chi connectivity index (χ1n) is 7.59. The summed E-state index contributed by atoms with van der Waals surface area (Å²) in [6.45, 7) is 4.71. The molecule has 0 unspecified atom stereocenters. The van der Waals surface area contributed by atoms with E-state index in [2.05, 4.69) is 15.8 Å². The van der Waals surface area contributed by atoms with Crippen LogP contribution in [0.4, 0.5) is 5.82 Å². The van der Waals surface area contributed by atoms with Crippen molar-refractivity contribution < 1.29 is 23.6 Å². The highest BCUT2D eigenvalue weighted by molar-refractivity contribution is 5.96. The fourth-order valence-corrected chi connectivity index (χ4v) is 1.94. The number of hydrogen-bond acceptors (Lipinski definition) is 6. The maximum absolute atomic E-state index is 12.0. The Hall–Kier alpha value is -3.16. The van der Waals surface area contributed by atoms with Crippen LogP contribution in [-0.2, 0) is 14.3 Å². The second kappa shape index (κ2) is 8.09. The molecule has 0 radical (unpaired) electrons. The van der Waals surface area contributed by atoms with Gasteiger partial charge >= 0.3 is 5.97 Å². The van der Waals surface area contributed by atoms with Gasteiger partial charge in [-0.2, -0.15) is 0 Å². The zero-order valence-electron chi connectivity index (χ0n) is 14.2. The fraction of sp³-hybridized carbons (Fsp3) is 0.294. The lowest BCUT2D eigenvalue weighted by Crippen LogP contribution is -2.32. The van der Waals surface area contributed by atoms with Crippen molar-refractivity contribution in [1.29, 1.82) is 0 Å². The molecule has 0 aliphatic carbocycles. The number of benzene rings is 1. The van der Waals surface area contributed by atoms with Crippen molar-refractivity contribution in [3.8, 4) is 0 Å². The number of esters is 1. The lowest BCUT2D eigenvalue weighted by atomic mass is 10.1. The number of rotatable bonds is 6. The predicted octanol–water partition coefficient (Wildman–Crippen LogP) is 1.51. The number of aromatic nitrogens is 1. The van der Waals surface area contributed by atoms with Crippen LogP contribution in [-0.4, -0.2) is 36.1 Å². The smallest absolute Gasteiger partial charge is 0.325 e. The van der Waals surface area contributed by atoms with Gasteiger partial charge in [-0.25, -0.2) is 0 Å². The Labute approximate surface area is 144 Å². The molecule has 2 aromatic rings. The Balaban J connectivity index is 1.73. The van der Waals surface area contributed by atoms with Crippen LogP contribution < -0.4 is 10.6 Å². The molecule has 8 nitrogen and oxygen atoms in total. The van der Waals surface area contributed by atoms with E-state index < -0.39 is 18.5 Å². The number of amides is 2. The normalized spacial score (nSPS) is 10.2. The highest BCUT2D eigenvalue weighted by Gasteiger charge is 2.12. The van der Waals surface area contributed by atoms with E-state index >= 15 is 0 Å². The summed E-state index contributed by atoms with van der Waals surface area (Å²) < 4.78 is 9.58. The lowest BCUT2D eigenvalue weighted by molar-refractivity contribution is -0.146. The Bertz CT molecular complexity index is 797. The molecule has 132 valence electrons. The standard InChI is InChI=1S/C17H19N3O5/c1-10-4-5-13(6-11(10)2)17(23)18-8-16(22)24-9-15(21)19-14-7-12(3)25-20-14/h4-7H,8-9H2,1-3H3,(H,18,23)(H,19,20,21). The Morgan fingerprint density at radius 1 is 1.12 bits per heavy atom. The van der Waals surface area contributed by atoms with Gasteiger partial charge in [-0.05, 0) is 44.0 Å². The van der Waals surface area contributed by atoms with Crippen molar-refractivity contribution in [1.82, 2.24) is 10.5 Å². The molecule has 0 fully saturated rings. The lowest BCUT2D eigenvalue weighted by Gasteiger charge is -2.07. The van der Waals surface area contributed by atoms with Gasteiger partial charge in [0.2, 0.25) is 0 Å². The van der Waals surface area contributed by atoms with Gasteiger partial charge in [0.15, 0.2) is 12.4 Å². The summed E-state index contributed by atoms with van der Waals surface area (Å²) in [5.41, 5.74) is 2.51. The van der Waals surface area contributed by atoms with Crippen molar-refractivity contribution in [3.05, 3.63) is 46.7 Å². The zero-order valence-corrected chi connectivity index (χ0v) is 14.2. The highest BCUT2D eigenvalue weighted by atomic mass is 16.5. The van der Waals surface area contributed by atoms with Crippen molar-refractivity contribution >= 4 is 23.6 Å². The number of carbonyl (C=O) groups is 3. The number of hydrogen-bond donors (Lipinski definition) is 2. The van der Waals surface area contributed by atoms with E-state index in [-0.39, 0.29) is 18.3 Å². The van der Waals surface area contributed by atoms with Gasteiger partial charge in [0.25, 0.3) is 11.8 Å². The SMILES string of the molecule is Cc1cc(NC(=O)COC(=O)CNC(=O)c2ccc(C)c(C)c2)no1. The van der Waals surface area contributed by atoms with E-state index in [9.17, 15) is 14.4 Å². The summed E-state index contributed by atoms with van der Waals surface area (Å²) in [7, 11) is 0. The first kappa shape index (κ1) is 18.2. The number of nitrogens with zero attached hydrogens (tertiary/aromatic N) is 1. The number of carbonyl (C=O) groups excluding carboxylic acids is 3. The first-order chi connectivity index (χ1) is 11.8. The van der Waals surface area contributed by atoms with Crippen molar-refractivity contribution in [2.45, 2.75) is 20.8 Å². The molecule has 0 spiro atoms. The van der Waals surface area contributed by atoms with Crippen molar-refractivity contribution in [2.24, 2.45) is 0 Å². The predicted molar refractivity (Wildman–Crippen MR) is 89.1 cm³/mol. The number of nitrogens with one attached hydrogen (secondary N) is 2. The molecule has 0 aliphatic rings. The van der Waals surface area contributed by atoms with Gasteiger partial charge in [-0.1, -0.05) is 11.2 Å². The van der Waals surface area contributed by atoms with Gasteiger partial charge < -0.3 is 19.9 Å². The number of aryl methyl sites for hydroxylation is 3. The van der Waals surface area contributed by atoms with Crippen LogP contribution in [0, 0.1) is 20.8 Å². The largest absolute Gasteiger partial charge is 0.454 e. The maximum atomic E-state index is 12.0.